The highest BCUT2D eigenvalue weighted by atomic mass is 35.5. The van der Waals surface area contributed by atoms with Crippen LogP contribution in [-0.4, -0.2) is 17.6 Å². The molecule has 0 aromatic heterocycles. The van der Waals surface area contributed by atoms with Crippen LogP contribution >= 0.6 is 12.4 Å². The van der Waals surface area contributed by atoms with Crippen molar-refractivity contribution in [3.05, 3.63) is 29.8 Å². The van der Waals surface area contributed by atoms with Gasteiger partial charge in [-0.05, 0) is 45.4 Å². The number of amides is 1. The van der Waals surface area contributed by atoms with E-state index in [2.05, 4.69) is 5.32 Å². The fraction of sp³-hybridized carbons (Fsp3) is 0.500. The van der Waals surface area contributed by atoms with Crippen LogP contribution in [0.2, 0.25) is 0 Å². The summed E-state index contributed by atoms with van der Waals surface area (Å²) in [5.41, 5.74) is 6.65. The van der Waals surface area contributed by atoms with Gasteiger partial charge in [0.25, 0.3) is 0 Å². The van der Waals surface area contributed by atoms with Gasteiger partial charge in [0.1, 0.15) is 0 Å². The molecule has 19 heavy (non-hydrogen) atoms. The number of hydrogen-bond acceptors (Lipinski definition) is 3. The van der Waals surface area contributed by atoms with Gasteiger partial charge in [-0.3, -0.25) is 4.79 Å². The second-order valence-electron chi connectivity index (χ2n) is 5.23. The number of nitrogens with two attached hydrogens (primary N) is 1. The van der Waals surface area contributed by atoms with Crippen LogP contribution in [0.3, 0.4) is 0 Å². The van der Waals surface area contributed by atoms with Crippen molar-refractivity contribution in [2.24, 2.45) is 5.73 Å². The molecule has 1 rings (SSSR count). The summed E-state index contributed by atoms with van der Waals surface area (Å²) in [6.45, 7) is 7.92. The first-order chi connectivity index (χ1) is 8.29. The van der Waals surface area contributed by atoms with E-state index < -0.39 is 5.54 Å². The fourth-order valence-electron chi connectivity index (χ4n) is 1.24. The molecular formula is C14H23ClN2O2. The van der Waals surface area contributed by atoms with E-state index in [1.165, 1.54) is 0 Å². The van der Waals surface area contributed by atoms with Crippen molar-refractivity contribution in [1.82, 2.24) is 0 Å². The van der Waals surface area contributed by atoms with E-state index in [1.54, 1.807) is 13.8 Å². The number of hydrogen-bond donors (Lipinski definition) is 2. The number of rotatable bonds is 5. The fourth-order valence-corrected chi connectivity index (χ4v) is 1.24. The third-order valence-corrected chi connectivity index (χ3v) is 2.38. The van der Waals surface area contributed by atoms with Gasteiger partial charge in [0.2, 0.25) is 5.91 Å². The Morgan fingerprint density at radius 2 is 1.84 bits per heavy atom. The smallest absolute Gasteiger partial charge is 0.243 e. The maximum absolute atomic E-state index is 11.7. The molecule has 0 aliphatic heterocycles. The minimum absolute atomic E-state index is 0. The lowest BCUT2D eigenvalue weighted by Crippen LogP contribution is -2.45. The SMILES string of the molecule is CC(C)OCc1ccc(NC(=O)C(C)(C)N)cc1.Cl. The van der Waals surface area contributed by atoms with E-state index in [0.717, 1.165) is 11.3 Å². The molecule has 0 atom stereocenters. The van der Waals surface area contributed by atoms with Crippen LogP contribution in [0.4, 0.5) is 5.69 Å². The normalized spacial score (nSPS) is 11.1. The average Bonchev–Trinajstić information content (AvgIpc) is 2.26. The van der Waals surface area contributed by atoms with Gasteiger partial charge >= 0.3 is 0 Å². The lowest BCUT2D eigenvalue weighted by atomic mass is 10.1. The largest absolute Gasteiger partial charge is 0.374 e. The Kier molecular flexibility index (Phi) is 7.05. The van der Waals surface area contributed by atoms with Crippen molar-refractivity contribution in [2.45, 2.75) is 45.9 Å². The maximum atomic E-state index is 11.7. The second-order valence-corrected chi connectivity index (χ2v) is 5.23. The minimum atomic E-state index is -0.876. The summed E-state index contributed by atoms with van der Waals surface area (Å²) in [7, 11) is 0. The van der Waals surface area contributed by atoms with Gasteiger partial charge in [0.15, 0.2) is 0 Å². The molecule has 108 valence electrons. The molecule has 0 saturated heterocycles. The first kappa shape index (κ1) is 17.9. The van der Waals surface area contributed by atoms with Gasteiger partial charge in [-0.2, -0.15) is 0 Å². The molecule has 3 N–H and O–H groups in total. The average molecular weight is 287 g/mol. The minimum Gasteiger partial charge on any atom is -0.374 e. The van der Waals surface area contributed by atoms with E-state index in [0.29, 0.717) is 6.61 Å². The summed E-state index contributed by atoms with van der Waals surface area (Å²) < 4.78 is 5.50. The summed E-state index contributed by atoms with van der Waals surface area (Å²) in [4.78, 5) is 11.7. The molecule has 0 saturated carbocycles. The van der Waals surface area contributed by atoms with Crippen molar-refractivity contribution < 1.29 is 9.53 Å². The molecule has 1 aromatic rings. The molecule has 0 bridgehead atoms. The van der Waals surface area contributed by atoms with Crippen LogP contribution in [0.5, 0.6) is 0 Å². The maximum Gasteiger partial charge on any atom is 0.243 e. The van der Waals surface area contributed by atoms with E-state index in [-0.39, 0.29) is 24.4 Å². The Morgan fingerprint density at radius 3 is 2.26 bits per heavy atom. The number of nitrogens with one attached hydrogen (secondary N) is 1. The summed E-state index contributed by atoms with van der Waals surface area (Å²) >= 11 is 0. The van der Waals surface area contributed by atoms with Crippen LogP contribution in [-0.2, 0) is 16.1 Å². The number of benzene rings is 1. The van der Waals surface area contributed by atoms with E-state index >= 15 is 0 Å². The van der Waals surface area contributed by atoms with E-state index in [4.69, 9.17) is 10.5 Å². The molecule has 5 heteroatoms. The van der Waals surface area contributed by atoms with Gasteiger partial charge in [-0.1, -0.05) is 12.1 Å². The van der Waals surface area contributed by atoms with Crippen LogP contribution in [0, 0.1) is 0 Å². The van der Waals surface area contributed by atoms with E-state index in [1.807, 2.05) is 38.1 Å². The van der Waals surface area contributed by atoms with E-state index in [9.17, 15) is 4.79 Å². The molecule has 0 unspecified atom stereocenters. The van der Waals surface area contributed by atoms with Gasteiger partial charge in [-0.15, -0.1) is 12.4 Å². The zero-order chi connectivity index (χ0) is 13.8. The van der Waals surface area contributed by atoms with Crippen molar-refractivity contribution >= 4 is 24.0 Å². The van der Waals surface area contributed by atoms with Gasteiger partial charge < -0.3 is 15.8 Å². The predicted molar refractivity (Wildman–Crippen MR) is 80.5 cm³/mol. The zero-order valence-electron chi connectivity index (χ0n) is 11.9. The third kappa shape index (κ3) is 6.57. The molecule has 0 fully saturated rings. The molecule has 0 heterocycles. The summed E-state index contributed by atoms with van der Waals surface area (Å²) in [6, 6.07) is 7.56. The molecule has 1 amide bonds. The lowest BCUT2D eigenvalue weighted by molar-refractivity contribution is -0.120. The van der Waals surface area contributed by atoms with Crippen LogP contribution in [0.15, 0.2) is 24.3 Å². The summed E-state index contributed by atoms with van der Waals surface area (Å²) in [6.07, 6.45) is 0.211. The summed E-state index contributed by atoms with van der Waals surface area (Å²) in [5.74, 6) is -0.200. The molecule has 0 aliphatic carbocycles. The van der Waals surface area contributed by atoms with Crippen molar-refractivity contribution in [1.29, 1.82) is 0 Å². The molecule has 1 aromatic carbocycles. The highest BCUT2D eigenvalue weighted by Gasteiger charge is 2.21. The number of carbonyl (C=O) groups is 1. The molecule has 4 nitrogen and oxygen atoms in total. The number of ether oxygens (including phenoxy) is 1. The van der Waals surface area contributed by atoms with Gasteiger partial charge in [0.05, 0.1) is 18.2 Å². The Bertz CT molecular complexity index is 397. The van der Waals surface area contributed by atoms with Crippen molar-refractivity contribution in [2.75, 3.05) is 5.32 Å². The highest BCUT2D eigenvalue weighted by molar-refractivity contribution is 5.97. The lowest BCUT2D eigenvalue weighted by Gasteiger charge is -2.17. The standard InChI is InChI=1S/C14H22N2O2.ClH/c1-10(2)18-9-11-5-7-12(8-6-11)16-13(17)14(3,4)15;/h5-8,10H,9,15H2,1-4H3,(H,16,17);1H. The zero-order valence-corrected chi connectivity index (χ0v) is 12.7. The van der Waals surface area contributed by atoms with Crippen LogP contribution in [0.1, 0.15) is 33.3 Å². The second kappa shape index (κ2) is 7.48. The van der Waals surface area contributed by atoms with Crippen molar-refractivity contribution in [3.8, 4) is 0 Å². The monoisotopic (exact) mass is 286 g/mol. The Labute approximate surface area is 121 Å². The topological polar surface area (TPSA) is 64.3 Å². The molecule has 0 spiro atoms. The number of carbonyl (C=O) groups excluding carboxylic acids is 1. The summed E-state index contributed by atoms with van der Waals surface area (Å²) in [5, 5.41) is 2.77. The van der Waals surface area contributed by atoms with Crippen LogP contribution in [0.25, 0.3) is 0 Å². The van der Waals surface area contributed by atoms with Gasteiger partial charge in [0, 0.05) is 5.69 Å². The predicted octanol–water partition coefficient (Wildman–Crippen LogP) is 2.71. The molecular weight excluding hydrogens is 264 g/mol. The third-order valence-electron chi connectivity index (χ3n) is 2.38. The van der Waals surface area contributed by atoms with Crippen molar-refractivity contribution in [3.63, 3.8) is 0 Å². The van der Waals surface area contributed by atoms with Gasteiger partial charge in [-0.25, -0.2) is 0 Å². The number of halogens is 1. The molecule has 0 radical (unpaired) electrons. The van der Waals surface area contributed by atoms with Crippen LogP contribution < -0.4 is 11.1 Å². The molecule has 0 aliphatic rings. The number of anilines is 1. The Balaban J connectivity index is 0.00000324. The quantitative estimate of drug-likeness (QED) is 0.875. The first-order valence-corrected chi connectivity index (χ1v) is 6.10. The Morgan fingerprint density at radius 1 is 1.32 bits per heavy atom. The first-order valence-electron chi connectivity index (χ1n) is 6.10. The Hall–Kier alpha value is -1.10. The highest BCUT2D eigenvalue weighted by Crippen LogP contribution is 2.12.